The Kier molecular flexibility index (Phi) is 5.26. The lowest BCUT2D eigenvalue weighted by Gasteiger charge is -2.25. The number of ketones is 1. The minimum Gasteiger partial charge on any atom is -0.508 e. The molecule has 1 amide bonds. The number of benzene rings is 4. The number of amides is 1. The number of rotatable bonds is 4. The maximum absolute atomic E-state index is 13.3. The van der Waals surface area contributed by atoms with Gasteiger partial charge in [-0.1, -0.05) is 48.5 Å². The smallest absolute Gasteiger partial charge is 0.300 e. The molecule has 6 nitrogen and oxygen atoms in total. The summed E-state index contributed by atoms with van der Waals surface area (Å²) >= 11 is 0. The van der Waals surface area contributed by atoms with Crippen LogP contribution >= 0.6 is 0 Å². The molecular formula is C28H21NO5. The summed E-state index contributed by atoms with van der Waals surface area (Å²) in [6.07, 6.45) is 0. The van der Waals surface area contributed by atoms with Crippen LogP contribution in [0.2, 0.25) is 0 Å². The second-order valence-corrected chi connectivity index (χ2v) is 8.02. The molecule has 0 saturated carbocycles. The number of carbonyl (C=O) groups excluding carboxylic acids is 2. The molecule has 0 spiro atoms. The highest BCUT2D eigenvalue weighted by Crippen LogP contribution is 2.43. The van der Waals surface area contributed by atoms with Crippen molar-refractivity contribution in [1.82, 2.24) is 0 Å². The molecule has 2 N–H and O–H groups in total. The van der Waals surface area contributed by atoms with E-state index in [-0.39, 0.29) is 17.1 Å². The quantitative estimate of drug-likeness (QED) is 0.254. The Bertz CT molecular complexity index is 1460. The molecule has 168 valence electrons. The number of aromatic hydroxyl groups is 1. The molecule has 1 atom stereocenters. The zero-order chi connectivity index (χ0) is 23.8. The van der Waals surface area contributed by atoms with Crippen molar-refractivity contribution < 1.29 is 24.5 Å². The highest BCUT2D eigenvalue weighted by molar-refractivity contribution is 6.51. The summed E-state index contributed by atoms with van der Waals surface area (Å²) in [5.74, 6) is -1.24. The van der Waals surface area contributed by atoms with Crippen LogP contribution in [0.1, 0.15) is 17.2 Å². The number of anilines is 1. The van der Waals surface area contributed by atoms with Crippen LogP contribution in [0.15, 0.2) is 96.6 Å². The number of Topliss-reactive ketones (excluding diaryl/α,β-unsaturated/α-hetero) is 1. The Morgan fingerprint density at radius 3 is 2.29 bits per heavy atom. The van der Waals surface area contributed by atoms with Crippen LogP contribution in [0.25, 0.3) is 16.5 Å². The molecule has 1 fully saturated rings. The Labute approximate surface area is 196 Å². The van der Waals surface area contributed by atoms with Gasteiger partial charge >= 0.3 is 0 Å². The molecule has 4 aromatic rings. The monoisotopic (exact) mass is 451 g/mol. The normalized spacial score (nSPS) is 17.3. The summed E-state index contributed by atoms with van der Waals surface area (Å²) in [7, 11) is 1.54. The minimum atomic E-state index is -0.924. The molecule has 1 heterocycles. The second-order valence-electron chi connectivity index (χ2n) is 8.02. The maximum Gasteiger partial charge on any atom is 0.300 e. The summed E-state index contributed by atoms with van der Waals surface area (Å²) in [5.41, 5.74) is 1.35. The van der Waals surface area contributed by atoms with E-state index >= 15 is 0 Å². The number of fused-ring (bicyclic) bond motifs is 1. The Hall–Kier alpha value is -4.58. The van der Waals surface area contributed by atoms with Crippen LogP contribution in [0.3, 0.4) is 0 Å². The van der Waals surface area contributed by atoms with Crippen LogP contribution in [-0.4, -0.2) is 29.0 Å². The van der Waals surface area contributed by atoms with Crippen LogP contribution < -0.4 is 9.64 Å². The predicted octanol–water partition coefficient (Wildman–Crippen LogP) is 5.18. The van der Waals surface area contributed by atoms with Crippen LogP contribution in [0.5, 0.6) is 11.5 Å². The molecule has 0 aliphatic carbocycles. The lowest BCUT2D eigenvalue weighted by molar-refractivity contribution is -0.132. The number of nitrogens with zero attached hydrogens (tertiary/aromatic N) is 1. The van der Waals surface area contributed by atoms with Crippen molar-refractivity contribution in [1.29, 1.82) is 0 Å². The number of aliphatic hydroxyl groups excluding tert-OH is 1. The van der Waals surface area contributed by atoms with Gasteiger partial charge in [0.25, 0.3) is 11.7 Å². The SMILES string of the molecule is COc1ccc(N2C(=O)C(=O)/C(=C(\O)c3ccc4ccccc4c3)C2c2cccc(O)c2)cc1. The number of phenolic OH excluding ortho intramolecular Hbond substituents is 1. The van der Waals surface area contributed by atoms with E-state index in [1.807, 2.05) is 30.3 Å². The molecule has 1 saturated heterocycles. The van der Waals surface area contributed by atoms with Gasteiger partial charge in [-0.25, -0.2) is 0 Å². The highest BCUT2D eigenvalue weighted by Gasteiger charge is 2.47. The first-order valence-corrected chi connectivity index (χ1v) is 10.7. The van der Waals surface area contributed by atoms with Gasteiger partial charge in [-0.05, 0) is 58.8 Å². The van der Waals surface area contributed by atoms with E-state index < -0.39 is 17.7 Å². The largest absolute Gasteiger partial charge is 0.508 e. The van der Waals surface area contributed by atoms with Crippen LogP contribution in [0.4, 0.5) is 5.69 Å². The molecule has 5 rings (SSSR count). The van der Waals surface area contributed by atoms with E-state index in [9.17, 15) is 19.8 Å². The number of ether oxygens (including phenoxy) is 1. The number of hydrogen-bond acceptors (Lipinski definition) is 5. The van der Waals surface area contributed by atoms with Crippen LogP contribution in [0, 0.1) is 0 Å². The topological polar surface area (TPSA) is 87.1 Å². The number of hydrogen-bond donors (Lipinski definition) is 2. The van der Waals surface area contributed by atoms with Crippen molar-refractivity contribution in [3.05, 3.63) is 108 Å². The van der Waals surface area contributed by atoms with E-state index in [2.05, 4.69) is 0 Å². The van der Waals surface area contributed by atoms with E-state index in [1.165, 1.54) is 24.1 Å². The summed E-state index contributed by atoms with van der Waals surface area (Å²) in [5, 5.41) is 23.3. The van der Waals surface area contributed by atoms with Gasteiger partial charge in [0, 0.05) is 11.3 Å². The van der Waals surface area contributed by atoms with E-state index in [0.717, 1.165) is 10.8 Å². The Morgan fingerprint density at radius 2 is 1.59 bits per heavy atom. The molecule has 0 radical (unpaired) electrons. The highest BCUT2D eigenvalue weighted by atomic mass is 16.5. The summed E-state index contributed by atoms with van der Waals surface area (Å²) in [4.78, 5) is 27.8. The summed E-state index contributed by atoms with van der Waals surface area (Å²) in [6, 6.07) is 25.2. The van der Waals surface area contributed by atoms with Crippen molar-refractivity contribution in [2.45, 2.75) is 6.04 Å². The molecule has 0 bridgehead atoms. The fourth-order valence-corrected chi connectivity index (χ4v) is 4.34. The van der Waals surface area contributed by atoms with Crippen molar-refractivity contribution in [3.63, 3.8) is 0 Å². The molecule has 1 aliphatic heterocycles. The Morgan fingerprint density at radius 1 is 0.853 bits per heavy atom. The number of methoxy groups -OCH3 is 1. The molecule has 6 heteroatoms. The van der Waals surface area contributed by atoms with Crippen molar-refractivity contribution in [3.8, 4) is 11.5 Å². The first-order valence-electron chi connectivity index (χ1n) is 10.7. The van der Waals surface area contributed by atoms with Crippen molar-refractivity contribution in [2.24, 2.45) is 0 Å². The third kappa shape index (κ3) is 3.55. The van der Waals surface area contributed by atoms with E-state index in [4.69, 9.17) is 4.74 Å². The first kappa shape index (κ1) is 21.3. The predicted molar refractivity (Wildman–Crippen MR) is 130 cm³/mol. The molecule has 0 aromatic heterocycles. The van der Waals surface area contributed by atoms with Crippen molar-refractivity contribution in [2.75, 3.05) is 12.0 Å². The lowest BCUT2D eigenvalue weighted by atomic mass is 9.94. The lowest BCUT2D eigenvalue weighted by Crippen LogP contribution is -2.29. The second kappa shape index (κ2) is 8.41. The standard InChI is InChI=1S/C28H21NO5/c1-34-23-13-11-21(12-14-23)29-25(19-7-4-8-22(30)16-19)24(27(32)28(29)33)26(31)20-10-9-17-5-2-3-6-18(17)15-20/h2-16,25,30-31H,1H3/b26-24-. The van der Waals surface area contributed by atoms with Gasteiger partial charge in [-0.15, -0.1) is 0 Å². The Balaban J connectivity index is 1.71. The third-order valence-electron chi connectivity index (χ3n) is 6.00. The van der Waals surface area contributed by atoms with Gasteiger partial charge in [0.15, 0.2) is 0 Å². The molecule has 1 aliphatic rings. The van der Waals surface area contributed by atoms with E-state index in [1.54, 1.807) is 48.5 Å². The van der Waals surface area contributed by atoms with Gasteiger partial charge in [-0.2, -0.15) is 0 Å². The zero-order valence-corrected chi connectivity index (χ0v) is 18.3. The van der Waals surface area contributed by atoms with Crippen LogP contribution in [-0.2, 0) is 9.59 Å². The first-order chi connectivity index (χ1) is 16.5. The van der Waals surface area contributed by atoms with Gasteiger partial charge in [0.05, 0.1) is 18.7 Å². The molecule has 34 heavy (non-hydrogen) atoms. The van der Waals surface area contributed by atoms with Gasteiger partial charge in [0.2, 0.25) is 0 Å². The fourth-order valence-electron chi connectivity index (χ4n) is 4.34. The number of aliphatic hydroxyl groups is 1. The molecular weight excluding hydrogens is 430 g/mol. The van der Waals surface area contributed by atoms with Gasteiger partial charge < -0.3 is 14.9 Å². The number of carbonyl (C=O) groups is 2. The van der Waals surface area contributed by atoms with Crippen molar-refractivity contribution >= 4 is 33.9 Å². The number of phenols is 1. The summed E-state index contributed by atoms with van der Waals surface area (Å²) in [6.45, 7) is 0. The minimum absolute atomic E-state index is 0.0106. The molecule has 4 aromatic carbocycles. The zero-order valence-electron chi connectivity index (χ0n) is 18.3. The summed E-state index contributed by atoms with van der Waals surface area (Å²) < 4.78 is 5.21. The fraction of sp³-hybridized carbons (Fsp3) is 0.0714. The molecule has 1 unspecified atom stereocenters. The van der Waals surface area contributed by atoms with E-state index in [0.29, 0.717) is 22.6 Å². The van der Waals surface area contributed by atoms with Gasteiger partial charge in [-0.3, -0.25) is 14.5 Å². The van der Waals surface area contributed by atoms with Gasteiger partial charge in [0.1, 0.15) is 17.3 Å². The average Bonchev–Trinajstić information content (AvgIpc) is 3.13. The average molecular weight is 451 g/mol. The third-order valence-corrected chi connectivity index (χ3v) is 6.00. The maximum atomic E-state index is 13.3.